The fourth-order valence-corrected chi connectivity index (χ4v) is 3.26. The molecule has 0 radical (unpaired) electrons. The van der Waals surface area contributed by atoms with Crippen molar-refractivity contribution in [2.45, 2.75) is 18.9 Å². The predicted molar refractivity (Wildman–Crippen MR) is 54.4 cm³/mol. The van der Waals surface area contributed by atoms with E-state index >= 15 is 0 Å². The quantitative estimate of drug-likeness (QED) is 0.512. The number of hydrogen-bond acceptors (Lipinski definition) is 4. The average Bonchev–Trinajstić information content (AvgIpc) is 2.52. The van der Waals surface area contributed by atoms with Gasteiger partial charge in [0.15, 0.2) is 6.04 Å². The Morgan fingerprint density at radius 1 is 1.64 bits per heavy atom. The van der Waals surface area contributed by atoms with E-state index in [-0.39, 0.29) is 6.04 Å². The lowest BCUT2D eigenvalue weighted by Gasteiger charge is -2.17. The summed E-state index contributed by atoms with van der Waals surface area (Å²) < 4.78 is 18.1. The average molecular weight is 216 g/mol. The second kappa shape index (κ2) is 3.27. The number of hydrogen-bond donors (Lipinski definition) is 1. The predicted octanol–water partition coefficient (Wildman–Crippen LogP) is -0.404. The van der Waals surface area contributed by atoms with Gasteiger partial charge in [-0.05, 0) is 20.1 Å². The third-order valence-corrected chi connectivity index (χ3v) is 4.48. The van der Waals surface area contributed by atoms with Crippen molar-refractivity contribution < 1.29 is 13.4 Å². The van der Waals surface area contributed by atoms with E-state index in [2.05, 4.69) is 11.1 Å². The molecule has 1 aromatic rings. The molecular weight excluding hydrogens is 202 g/mol. The molecule has 2 rings (SSSR count). The lowest BCUT2D eigenvalue weighted by atomic mass is 10.2. The summed E-state index contributed by atoms with van der Waals surface area (Å²) in [5.41, 5.74) is 5.42. The van der Waals surface area contributed by atoms with E-state index in [4.69, 9.17) is 10.3 Å². The molecule has 1 aromatic heterocycles. The summed E-state index contributed by atoms with van der Waals surface area (Å²) in [7, 11) is -1.82. The molecular formula is C8H14N3O2S+. The molecule has 0 bridgehead atoms. The van der Waals surface area contributed by atoms with E-state index in [1.54, 1.807) is 10.9 Å². The molecule has 0 amide bonds. The van der Waals surface area contributed by atoms with Crippen LogP contribution in [0, 0.1) is 0 Å². The van der Waals surface area contributed by atoms with E-state index in [0.717, 1.165) is 12.8 Å². The van der Waals surface area contributed by atoms with E-state index in [1.165, 1.54) is 0 Å². The Hall–Kier alpha value is -1.04. The van der Waals surface area contributed by atoms with Crippen molar-refractivity contribution in [1.29, 1.82) is 0 Å². The summed E-state index contributed by atoms with van der Waals surface area (Å²) in [5, 5.41) is 3.79. The molecule has 5 nitrogen and oxygen atoms in total. The number of nitrogens with two attached hydrogens (primary N) is 1. The second-order valence-electron chi connectivity index (χ2n) is 3.69. The third kappa shape index (κ3) is 1.89. The van der Waals surface area contributed by atoms with E-state index in [9.17, 15) is 4.21 Å². The van der Waals surface area contributed by atoms with Crippen LogP contribution < -0.4 is 10.4 Å². The van der Waals surface area contributed by atoms with Crippen LogP contribution in [0.5, 0.6) is 0 Å². The van der Waals surface area contributed by atoms with Crippen LogP contribution in [-0.2, 0) is 9.52 Å². The van der Waals surface area contributed by atoms with Gasteiger partial charge in [-0.15, -0.1) is 0 Å². The highest BCUT2D eigenvalue weighted by molar-refractivity contribution is 8.00. The molecule has 1 aliphatic rings. The zero-order valence-corrected chi connectivity index (χ0v) is 8.70. The lowest BCUT2D eigenvalue weighted by Crippen LogP contribution is -2.44. The highest BCUT2D eigenvalue weighted by Gasteiger charge is 2.29. The van der Waals surface area contributed by atoms with Gasteiger partial charge in [-0.2, -0.15) is 0 Å². The molecule has 2 heterocycles. The summed E-state index contributed by atoms with van der Waals surface area (Å²) in [6, 6.07) is 0.257. The molecule has 14 heavy (non-hydrogen) atoms. The van der Waals surface area contributed by atoms with Crippen LogP contribution in [-0.4, -0.2) is 26.9 Å². The Bertz CT molecular complexity index is 410. The van der Waals surface area contributed by atoms with Gasteiger partial charge < -0.3 is 5.73 Å². The van der Waals surface area contributed by atoms with E-state index in [1.807, 2.05) is 0 Å². The van der Waals surface area contributed by atoms with Crippen LogP contribution in [0.25, 0.3) is 0 Å². The minimum absolute atomic E-state index is 0.257. The molecule has 78 valence electrons. The van der Waals surface area contributed by atoms with Crippen molar-refractivity contribution in [3.8, 4) is 0 Å². The summed E-state index contributed by atoms with van der Waals surface area (Å²) in [5.74, 6) is 5.35. The van der Waals surface area contributed by atoms with Crippen LogP contribution in [0.2, 0.25) is 0 Å². The van der Waals surface area contributed by atoms with Crippen molar-refractivity contribution in [3.63, 3.8) is 0 Å². The molecule has 0 atom stereocenters. The van der Waals surface area contributed by atoms with Crippen LogP contribution in [0.1, 0.15) is 18.9 Å². The molecule has 0 spiro atoms. The van der Waals surface area contributed by atoms with Crippen molar-refractivity contribution >= 4 is 21.3 Å². The minimum atomic E-state index is -1.82. The first-order chi connectivity index (χ1) is 6.57. The largest absolute Gasteiger partial charge is 0.362 e. The normalized spacial score (nSPS) is 33.0. The fourth-order valence-electron chi connectivity index (χ4n) is 1.66. The number of aromatic nitrogens is 2. The lowest BCUT2D eigenvalue weighted by molar-refractivity contribution is -0.785. The van der Waals surface area contributed by atoms with Gasteiger partial charge >= 0.3 is 0 Å². The summed E-state index contributed by atoms with van der Waals surface area (Å²) in [6.07, 6.45) is 3.33. The highest BCUT2D eigenvalue weighted by atomic mass is 32.2. The topological polar surface area (TPSA) is 73.0 Å². The minimum Gasteiger partial charge on any atom is -0.362 e. The maximum Gasteiger partial charge on any atom is 0.293 e. The SMILES string of the molecule is C=S1(=O)CCC([n+]2cc(N)on2)CC1. The Morgan fingerprint density at radius 3 is 2.79 bits per heavy atom. The van der Waals surface area contributed by atoms with Crippen LogP contribution in [0.4, 0.5) is 5.88 Å². The van der Waals surface area contributed by atoms with Crippen molar-refractivity contribution in [1.82, 2.24) is 5.27 Å². The molecule has 0 aliphatic carbocycles. The van der Waals surface area contributed by atoms with Gasteiger partial charge in [0.1, 0.15) is 0 Å². The Balaban J connectivity index is 2.09. The Labute approximate surface area is 82.9 Å². The van der Waals surface area contributed by atoms with Crippen LogP contribution in [0.15, 0.2) is 10.7 Å². The smallest absolute Gasteiger partial charge is 0.293 e. The van der Waals surface area contributed by atoms with Crippen LogP contribution >= 0.6 is 0 Å². The molecule has 0 aromatic carbocycles. The van der Waals surface area contributed by atoms with Gasteiger partial charge in [0, 0.05) is 24.3 Å². The fraction of sp³-hybridized carbons (Fsp3) is 0.625. The van der Waals surface area contributed by atoms with E-state index in [0.29, 0.717) is 17.4 Å². The van der Waals surface area contributed by atoms with Gasteiger partial charge in [0.2, 0.25) is 5.27 Å². The maximum atomic E-state index is 11.6. The molecule has 6 heteroatoms. The summed E-state index contributed by atoms with van der Waals surface area (Å²) in [6.45, 7) is 0. The molecule has 0 saturated carbocycles. The Morgan fingerprint density at radius 2 is 2.29 bits per heavy atom. The Kier molecular flexibility index (Phi) is 2.22. The molecule has 2 N–H and O–H groups in total. The highest BCUT2D eigenvalue weighted by Crippen LogP contribution is 2.18. The van der Waals surface area contributed by atoms with Gasteiger partial charge in [-0.25, -0.2) is 0 Å². The van der Waals surface area contributed by atoms with Crippen molar-refractivity contribution in [2.75, 3.05) is 17.2 Å². The number of rotatable bonds is 1. The van der Waals surface area contributed by atoms with Crippen molar-refractivity contribution in [2.24, 2.45) is 0 Å². The zero-order valence-electron chi connectivity index (χ0n) is 7.89. The molecule has 0 unspecified atom stereocenters. The number of nitrogen functional groups attached to an aromatic ring is 1. The van der Waals surface area contributed by atoms with Gasteiger partial charge in [0.25, 0.3) is 12.1 Å². The second-order valence-corrected chi connectivity index (χ2v) is 6.44. The summed E-state index contributed by atoms with van der Waals surface area (Å²) in [4.78, 5) is 0. The van der Waals surface area contributed by atoms with Crippen molar-refractivity contribution in [3.05, 3.63) is 6.20 Å². The molecule has 1 aliphatic heterocycles. The zero-order chi connectivity index (χ0) is 10.2. The number of nitrogens with zero attached hydrogens (tertiary/aromatic N) is 2. The molecule has 1 fully saturated rings. The first-order valence-corrected chi connectivity index (χ1v) is 6.60. The maximum absolute atomic E-state index is 11.6. The van der Waals surface area contributed by atoms with Gasteiger partial charge in [-0.3, -0.25) is 8.73 Å². The first kappa shape index (κ1) is 9.51. The molecule has 1 saturated heterocycles. The standard InChI is InChI=1S/C8H14N3O2S/c1-14(12)4-2-7(3-5-14)11-6-8(9)13-10-11/h6-7H,1-5,9H2/q+1. The summed E-state index contributed by atoms with van der Waals surface area (Å²) >= 11 is 0. The van der Waals surface area contributed by atoms with E-state index < -0.39 is 9.52 Å². The first-order valence-electron chi connectivity index (χ1n) is 4.53. The van der Waals surface area contributed by atoms with Gasteiger partial charge in [0.05, 0.1) is 0 Å². The third-order valence-electron chi connectivity index (χ3n) is 2.52. The van der Waals surface area contributed by atoms with Gasteiger partial charge in [-0.1, -0.05) is 0 Å². The monoisotopic (exact) mass is 216 g/mol. The number of anilines is 1. The van der Waals surface area contributed by atoms with Crippen LogP contribution in [0.3, 0.4) is 0 Å².